The number of rotatable bonds is 5. The zero-order valence-corrected chi connectivity index (χ0v) is 16.3. The molecule has 7 nitrogen and oxygen atoms in total. The Morgan fingerprint density at radius 3 is 2.66 bits per heavy atom. The number of aryl methyl sites for hydroxylation is 1. The minimum atomic E-state index is -0.298. The molecule has 2 N–H and O–H groups in total. The van der Waals surface area contributed by atoms with Crippen molar-refractivity contribution in [2.45, 2.75) is 20.4 Å². The monoisotopic (exact) mass is 387 g/mol. The molecule has 0 aliphatic carbocycles. The van der Waals surface area contributed by atoms with Crippen LogP contribution in [0.4, 0.5) is 5.82 Å². The van der Waals surface area contributed by atoms with Gasteiger partial charge in [-0.25, -0.2) is 9.97 Å². The third kappa shape index (κ3) is 3.67. The SMILES string of the molecule is CCNc1nc2nc3ccc(C)cn3c(=O)c2cc1C(=O)NCc1ccccc1. The van der Waals surface area contributed by atoms with Crippen molar-refractivity contribution in [3.63, 3.8) is 0 Å². The average Bonchev–Trinajstić information content (AvgIpc) is 2.73. The Bertz CT molecular complexity index is 1270. The second-order valence-electron chi connectivity index (χ2n) is 6.81. The number of hydrogen-bond donors (Lipinski definition) is 2. The van der Waals surface area contributed by atoms with E-state index in [0.29, 0.717) is 41.2 Å². The van der Waals surface area contributed by atoms with Crippen molar-refractivity contribution in [3.8, 4) is 0 Å². The van der Waals surface area contributed by atoms with Crippen LogP contribution in [0.25, 0.3) is 16.7 Å². The molecule has 0 atom stereocenters. The molecule has 3 heterocycles. The topological polar surface area (TPSA) is 88.4 Å². The minimum Gasteiger partial charge on any atom is -0.370 e. The third-order valence-corrected chi connectivity index (χ3v) is 4.63. The number of benzene rings is 1. The highest BCUT2D eigenvalue weighted by atomic mass is 16.1. The first kappa shape index (κ1) is 18.6. The first-order chi connectivity index (χ1) is 14.1. The lowest BCUT2D eigenvalue weighted by Crippen LogP contribution is -2.25. The van der Waals surface area contributed by atoms with Crippen LogP contribution < -0.4 is 16.2 Å². The standard InChI is InChI=1S/C22H21N5O2/c1-3-23-19-16(21(28)24-12-15-7-5-4-6-8-15)11-17-20(26-19)25-18-10-9-14(2)13-27(18)22(17)29/h4-11,13H,3,12H2,1-2H3,(H,23,26)(H,24,28). The summed E-state index contributed by atoms with van der Waals surface area (Å²) in [6, 6.07) is 14.9. The van der Waals surface area contributed by atoms with Crippen LogP contribution >= 0.6 is 0 Å². The smallest absolute Gasteiger partial charge is 0.267 e. The van der Waals surface area contributed by atoms with Crippen LogP contribution in [-0.2, 0) is 6.54 Å². The van der Waals surface area contributed by atoms with Crippen LogP contribution in [0.5, 0.6) is 0 Å². The highest BCUT2D eigenvalue weighted by Crippen LogP contribution is 2.18. The van der Waals surface area contributed by atoms with Crippen LogP contribution in [0.3, 0.4) is 0 Å². The number of nitrogens with zero attached hydrogens (tertiary/aromatic N) is 3. The second kappa shape index (κ2) is 7.71. The molecule has 0 unspecified atom stereocenters. The lowest BCUT2D eigenvalue weighted by atomic mass is 10.1. The zero-order chi connectivity index (χ0) is 20.4. The Labute approximate surface area is 167 Å². The van der Waals surface area contributed by atoms with Crippen LogP contribution in [0.1, 0.15) is 28.4 Å². The van der Waals surface area contributed by atoms with E-state index in [1.54, 1.807) is 18.3 Å². The summed E-state index contributed by atoms with van der Waals surface area (Å²) in [6.45, 7) is 4.80. The number of nitrogens with one attached hydrogen (secondary N) is 2. The van der Waals surface area contributed by atoms with E-state index < -0.39 is 0 Å². The van der Waals surface area contributed by atoms with E-state index in [4.69, 9.17) is 0 Å². The summed E-state index contributed by atoms with van der Waals surface area (Å²) in [7, 11) is 0. The van der Waals surface area contributed by atoms with Gasteiger partial charge in [-0.1, -0.05) is 36.4 Å². The Morgan fingerprint density at radius 1 is 1.10 bits per heavy atom. The van der Waals surface area contributed by atoms with Gasteiger partial charge in [-0.3, -0.25) is 14.0 Å². The molecule has 1 amide bonds. The Hall–Kier alpha value is -3.74. The van der Waals surface area contributed by atoms with Crippen molar-refractivity contribution in [2.75, 3.05) is 11.9 Å². The first-order valence-electron chi connectivity index (χ1n) is 9.46. The molecule has 4 rings (SSSR count). The van der Waals surface area contributed by atoms with Crippen molar-refractivity contribution in [1.29, 1.82) is 0 Å². The fourth-order valence-electron chi connectivity index (χ4n) is 3.19. The quantitative estimate of drug-likeness (QED) is 0.514. The van der Waals surface area contributed by atoms with Crippen molar-refractivity contribution in [2.24, 2.45) is 0 Å². The number of amides is 1. The second-order valence-corrected chi connectivity index (χ2v) is 6.81. The first-order valence-corrected chi connectivity index (χ1v) is 9.46. The largest absolute Gasteiger partial charge is 0.370 e. The van der Waals surface area contributed by atoms with Gasteiger partial charge in [-0.05, 0) is 37.1 Å². The lowest BCUT2D eigenvalue weighted by Gasteiger charge is -2.12. The van der Waals surface area contributed by atoms with Crippen molar-refractivity contribution < 1.29 is 4.79 Å². The maximum atomic E-state index is 13.0. The fraction of sp³-hybridized carbons (Fsp3) is 0.182. The molecule has 3 aromatic heterocycles. The van der Waals surface area contributed by atoms with Gasteiger partial charge in [0.1, 0.15) is 11.5 Å². The summed E-state index contributed by atoms with van der Waals surface area (Å²) in [5, 5.41) is 6.30. The number of carbonyl (C=O) groups excluding carboxylic acids is 1. The van der Waals surface area contributed by atoms with Gasteiger partial charge in [-0.2, -0.15) is 0 Å². The molecule has 0 radical (unpaired) electrons. The van der Waals surface area contributed by atoms with Crippen molar-refractivity contribution in [1.82, 2.24) is 19.7 Å². The molecule has 0 aliphatic heterocycles. The molecule has 0 fully saturated rings. The summed E-state index contributed by atoms with van der Waals surface area (Å²) in [6.07, 6.45) is 1.73. The van der Waals surface area contributed by atoms with E-state index in [0.717, 1.165) is 11.1 Å². The van der Waals surface area contributed by atoms with Crippen LogP contribution in [0, 0.1) is 6.92 Å². The van der Waals surface area contributed by atoms with E-state index in [2.05, 4.69) is 20.6 Å². The van der Waals surface area contributed by atoms with Gasteiger partial charge in [0.15, 0.2) is 5.65 Å². The summed E-state index contributed by atoms with van der Waals surface area (Å²) < 4.78 is 1.48. The molecule has 7 heteroatoms. The van der Waals surface area contributed by atoms with E-state index in [1.807, 2.05) is 50.2 Å². The Balaban J connectivity index is 1.80. The summed E-state index contributed by atoms with van der Waals surface area (Å²) in [5.41, 5.74) is 2.84. The van der Waals surface area contributed by atoms with Gasteiger partial charge in [0.25, 0.3) is 11.5 Å². The van der Waals surface area contributed by atoms with Gasteiger partial charge < -0.3 is 10.6 Å². The molecule has 0 saturated heterocycles. The molecular formula is C22H21N5O2. The normalized spacial score (nSPS) is 11.0. The predicted molar refractivity (Wildman–Crippen MR) is 113 cm³/mol. The maximum absolute atomic E-state index is 13.0. The van der Waals surface area contributed by atoms with Crippen molar-refractivity contribution in [3.05, 3.63) is 81.8 Å². The van der Waals surface area contributed by atoms with Gasteiger partial charge in [0.05, 0.1) is 10.9 Å². The zero-order valence-electron chi connectivity index (χ0n) is 16.3. The number of aromatic nitrogens is 3. The average molecular weight is 387 g/mol. The Kier molecular flexibility index (Phi) is 4.95. The van der Waals surface area contributed by atoms with Gasteiger partial charge >= 0.3 is 0 Å². The Morgan fingerprint density at radius 2 is 1.90 bits per heavy atom. The van der Waals surface area contributed by atoms with Gasteiger partial charge in [-0.15, -0.1) is 0 Å². The number of hydrogen-bond acceptors (Lipinski definition) is 5. The molecule has 29 heavy (non-hydrogen) atoms. The highest BCUT2D eigenvalue weighted by Gasteiger charge is 2.17. The van der Waals surface area contributed by atoms with E-state index in [9.17, 15) is 9.59 Å². The number of pyridine rings is 2. The minimum absolute atomic E-state index is 0.249. The van der Waals surface area contributed by atoms with Crippen LogP contribution in [0.15, 0.2) is 59.5 Å². The third-order valence-electron chi connectivity index (χ3n) is 4.63. The van der Waals surface area contributed by atoms with E-state index in [-0.39, 0.29) is 11.5 Å². The number of anilines is 1. The molecule has 146 valence electrons. The molecular weight excluding hydrogens is 366 g/mol. The fourth-order valence-corrected chi connectivity index (χ4v) is 3.19. The molecule has 4 aromatic rings. The number of carbonyl (C=O) groups is 1. The van der Waals surface area contributed by atoms with Gasteiger partial charge in [0.2, 0.25) is 0 Å². The summed E-state index contributed by atoms with van der Waals surface area (Å²) in [5.74, 6) is 0.113. The molecule has 0 bridgehead atoms. The maximum Gasteiger partial charge on any atom is 0.267 e. The molecule has 0 saturated carbocycles. The van der Waals surface area contributed by atoms with Crippen LogP contribution in [0.2, 0.25) is 0 Å². The van der Waals surface area contributed by atoms with E-state index >= 15 is 0 Å². The van der Waals surface area contributed by atoms with Crippen LogP contribution in [-0.4, -0.2) is 26.8 Å². The molecule has 0 aliphatic rings. The molecule has 0 spiro atoms. The lowest BCUT2D eigenvalue weighted by molar-refractivity contribution is 0.0951. The molecule has 1 aromatic carbocycles. The van der Waals surface area contributed by atoms with Crippen molar-refractivity contribution >= 4 is 28.4 Å². The number of fused-ring (bicyclic) bond motifs is 2. The van der Waals surface area contributed by atoms with E-state index in [1.165, 1.54) is 4.40 Å². The highest BCUT2D eigenvalue weighted by molar-refractivity contribution is 6.01. The van der Waals surface area contributed by atoms with Gasteiger partial charge in [0, 0.05) is 19.3 Å². The predicted octanol–water partition coefficient (Wildman–Crippen LogP) is 2.91. The summed E-state index contributed by atoms with van der Waals surface area (Å²) in [4.78, 5) is 34.8. The summed E-state index contributed by atoms with van der Waals surface area (Å²) >= 11 is 0.